The number of likely N-dealkylation sites (N-methyl/N-ethyl adjacent to an activating group) is 1. The summed E-state index contributed by atoms with van der Waals surface area (Å²) in [7, 11) is 1.98. The van der Waals surface area contributed by atoms with Crippen molar-refractivity contribution in [3.8, 4) is 0 Å². The molecule has 0 spiro atoms. The first-order chi connectivity index (χ1) is 16.4. The molecule has 0 fully saturated rings. The van der Waals surface area contributed by atoms with Crippen molar-refractivity contribution in [3.63, 3.8) is 0 Å². The number of alkyl halides is 2. The van der Waals surface area contributed by atoms with E-state index in [2.05, 4.69) is 46.7 Å². The quantitative estimate of drug-likeness (QED) is 0.379. The third-order valence-electron chi connectivity index (χ3n) is 7.31. The zero-order valence-corrected chi connectivity index (χ0v) is 21.3. The van der Waals surface area contributed by atoms with Crippen LogP contribution in [0.1, 0.15) is 63.1 Å². The van der Waals surface area contributed by atoms with Crippen LogP contribution in [0.15, 0.2) is 42.6 Å². The van der Waals surface area contributed by atoms with Crippen LogP contribution in [-0.4, -0.2) is 17.0 Å². The maximum Gasteiger partial charge on any atom is 0.278 e. The van der Waals surface area contributed by atoms with Gasteiger partial charge in [0.1, 0.15) is 17.5 Å². The lowest BCUT2D eigenvalue weighted by Crippen LogP contribution is -2.25. The van der Waals surface area contributed by atoms with Gasteiger partial charge >= 0.3 is 0 Å². The third kappa shape index (κ3) is 4.15. The Morgan fingerprint density at radius 2 is 1.91 bits per heavy atom. The summed E-state index contributed by atoms with van der Waals surface area (Å²) in [6.07, 6.45) is 0.937. The van der Waals surface area contributed by atoms with E-state index in [1.165, 1.54) is 25.1 Å². The molecule has 35 heavy (non-hydrogen) atoms. The summed E-state index contributed by atoms with van der Waals surface area (Å²) in [5, 5.41) is 3.96. The molecule has 0 radical (unpaired) electrons. The molecule has 186 valence electrons. The number of aryl methyl sites for hydroxylation is 1. The first kappa shape index (κ1) is 25.0. The standard InChI is InChI=1S/C28H33F3N4/c1-8-10-16(2)28(30,31)21-12-9-11-19(25(21)29)15-32-26-20-13-24-22(14-23(20)33-18(4)34-26)27(5,6)17(3)35(24)7/h9,11-14,16H,3,8,10,15H2,1-2,4-7H3,(H,32,33,34). The minimum absolute atomic E-state index is 0.0224. The number of halogens is 3. The Bertz CT molecular complexity index is 1300. The molecule has 0 saturated heterocycles. The lowest BCUT2D eigenvalue weighted by atomic mass is 9.84. The van der Waals surface area contributed by atoms with Crippen LogP contribution in [0.2, 0.25) is 0 Å². The molecule has 1 aliphatic heterocycles. The van der Waals surface area contributed by atoms with Crippen LogP contribution in [-0.2, 0) is 17.9 Å². The molecule has 0 saturated carbocycles. The highest BCUT2D eigenvalue weighted by molar-refractivity contribution is 5.95. The van der Waals surface area contributed by atoms with E-state index in [1.54, 1.807) is 6.92 Å². The highest BCUT2D eigenvalue weighted by Crippen LogP contribution is 2.48. The van der Waals surface area contributed by atoms with E-state index in [-0.39, 0.29) is 17.5 Å². The summed E-state index contributed by atoms with van der Waals surface area (Å²) in [6, 6.07) is 8.26. The van der Waals surface area contributed by atoms with E-state index in [1.807, 2.05) is 20.0 Å². The Balaban J connectivity index is 1.70. The highest BCUT2D eigenvalue weighted by Gasteiger charge is 2.41. The number of benzene rings is 2. The highest BCUT2D eigenvalue weighted by atomic mass is 19.3. The zero-order chi connectivity index (χ0) is 25.7. The second-order valence-electron chi connectivity index (χ2n) is 10.1. The molecule has 1 N–H and O–H groups in total. The summed E-state index contributed by atoms with van der Waals surface area (Å²) in [5.74, 6) is -3.96. The first-order valence-corrected chi connectivity index (χ1v) is 12.0. The lowest BCUT2D eigenvalue weighted by molar-refractivity contribution is -0.0643. The minimum Gasteiger partial charge on any atom is -0.365 e. The van der Waals surface area contributed by atoms with Gasteiger partial charge in [0, 0.05) is 47.3 Å². The maximum atomic E-state index is 15.3. The van der Waals surface area contributed by atoms with E-state index in [9.17, 15) is 8.78 Å². The van der Waals surface area contributed by atoms with E-state index in [0.717, 1.165) is 27.9 Å². The summed E-state index contributed by atoms with van der Waals surface area (Å²) in [6.45, 7) is 13.6. The van der Waals surface area contributed by atoms with Crippen molar-refractivity contribution in [1.82, 2.24) is 9.97 Å². The van der Waals surface area contributed by atoms with Crippen LogP contribution in [0.5, 0.6) is 0 Å². The van der Waals surface area contributed by atoms with Gasteiger partial charge in [-0.3, -0.25) is 0 Å². The van der Waals surface area contributed by atoms with E-state index in [0.29, 0.717) is 24.5 Å². The normalized spacial score (nSPS) is 16.0. The van der Waals surface area contributed by atoms with Crippen molar-refractivity contribution in [1.29, 1.82) is 0 Å². The summed E-state index contributed by atoms with van der Waals surface area (Å²) in [4.78, 5) is 11.2. The molecule has 0 aliphatic carbocycles. The number of nitrogens with zero attached hydrogens (tertiary/aromatic N) is 3. The zero-order valence-electron chi connectivity index (χ0n) is 21.3. The molecule has 7 heteroatoms. The van der Waals surface area contributed by atoms with Crippen molar-refractivity contribution in [3.05, 3.63) is 70.9 Å². The lowest BCUT2D eigenvalue weighted by Gasteiger charge is -2.25. The molecule has 2 aromatic carbocycles. The maximum absolute atomic E-state index is 15.3. The number of nitrogens with one attached hydrogen (secondary N) is 1. The van der Waals surface area contributed by atoms with E-state index >= 15 is 4.39 Å². The molecule has 1 unspecified atom stereocenters. The van der Waals surface area contributed by atoms with Gasteiger partial charge in [0.25, 0.3) is 5.92 Å². The van der Waals surface area contributed by atoms with Crippen LogP contribution < -0.4 is 10.2 Å². The minimum atomic E-state index is -3.24. The van der Waals surface area contributed by atoms with Gasteiger partial charge in [0.2, 0.25) is 0 Å². The van der Waals surface area contributed by atoms with Crippen molar-refractivity contribution in [2.45, 2.75) is 65.3 Å². The van der Waals surface area contributed by atoms with E-state index in [4.69, 9.17) is 0 Å². The average molecular weight is 483 g/mol. The van der Waals surface area contributed by atoms with Crippen molar-refractivity contribution < 1.29 is 13.2 Å². The molecular weight excluding hydrogens is 449 g/mol. The van der Waals surface area contributed by atoms with Gasteiger partial charge in [-0.1, -0.05) is 58.9 Å². The molecule has 1 aromatic heterocycles. The number of aromatic nitrogens is 2. The molecular formula is C28H33F3N4. The predicted molar refractivity (Wildman–Crippen MR) is 137 cm³/mol. The fourth-order valence-electron chi connectivity index (χ4n) is 4.95. The fourth-order valence-corrected chi connectivity index (χ4v) is 4.95. The number of anilines is 2. The molecule has 3 aromatic rings. The molecule has 1 aliphatic rings. The monoisotopic (exact) mass is 482 g/mol. The van der Waals surface area contributed by atoms with Crippen LogP contribution >= 0.6 is 0 Å². The van der Waals surface area contributed by atoms with Gasteiger partial charge in [-0.15, -0.1) is 0 Å². The Kier molecular flexibility index (Phi) is 6.32. The van der Waals surface area contributed by atoms with Crippen molar-refractivity contribution >= 4 is 22.4 Å². The SMILES string of the molecule is C=C1N(C)c2cc3c(NCc4cccc(C(F)(F)C(C)CCC)c4F)nc(C)nc3cc2C1(C)C. The van der Waals surface area contributed by atoms with Crippen LogP contribution in [0.25, 0.3) is 10.9 Å². The Hall–Kier alpha value is -3.09. The number of allylic oxidation sites excluding steroid dienone is 1. The van der Waals surface area contributed by atoms with Crippen molar-refractivity contribution in [2.24, 2.45) is 5.92 Å². The molecule has 0 bridgehead atoms. The second-order valence-corrected chi connectivity index (χ2v) is 10.1. The Morgan fingerprint density at radius 3 is 2.60 bits per heavy atom. The average Bonchev–Trinajstić information content (AvgIpc) is 2.96. The smallest absolute Gasteiger partial charge is 0.278 e. The molecule has 4 rings (SSSR count). The molecule has 1 atom stereocenters. The van der Waals surface area contributed by atoms with Gasteiger partial charge in [-0.2, -0.15) is 0 Å². The fraction of sp³-hybridized carbons (Fsp3) is 0.429. The first-order valence-electron chi connectivity index (χ1n) is 12.0. The number of fused-ring (bicyclic) bond motifs is 2. The van der Waals surface area contributed by atoms with Crippen LogP contribution in [0.3, 0.4) is 0 Å². The van der Waals surface area contributed by atoms with Crippen molar-refractivity contribution in [2.75, 3.05) is 17.3 Å². The van der Waals surface area contributed by atoms with Crippen LogP contribution in [0.4, 0.5) is 24.7 Å². The van der Waals surface area contributed by atoms with Gasteiger partial charge in [-0.05, 0) is 31.0 Å². The number of hydrogen-bond donors (Lipinski definition) is 1. The summed E-state index contributed by atoms with van der Waals surface area (Å²) >= 11 is 0. The number of rotatable bonds is 7. The summed E-state index contributed by atoms with van der Waals surface area (Å²) in [5.41, 5.74) is 3.28. The topological polar surface area (TPSA) is 41.0 Å². The van der Waals surface area contributed by atoms with Crippen LogP contribution in [0, 0.1) is 18.7 Å². The van der Waals surface area contributed by atoms with E-state index < -0.39 is 23.2 Å². The molecule has 0 amide bonds. The van der Waals surface area contributed by atoms with Gasteiger partial charge in [0.05, 0.1) is 11.1 Å². The predicted octanol–water partition coefficient (Wildman–Crippen LogP) is 7.46. The largest absolute Gasteiger partial charge is 0.365 e. The van der Waals surface area contributed by atoms with Gasteiger partial charge < -0.3 is 10.2 Å². The van der Waals surface area contributed by atoms with Gasteiger partial charge in [-0.25, -0.2) is 23.1 Å². The van der Waals surface area contributed by atoms with Gasteiger partial charge in [0.15, 0.2) is 0 Å². The Morgan fingerprint density at radius 1 is 1.20 bits per heavy atom. The Labute approximate surface area is 205 Å². The summed E-state index contributed by atoms with van der Waals surface area (Å²) < 4.78 is 45.2. The third-order valence-corrected chi connectivity index (χ3v) is 7.31. The number of hydrogen-bond acceptors (Lipinski definition) is 4. The second kappa shape index (κ2) is 8.85. The molecule has 4 nitrogen and oxygen atoms in total. The molecule has 2 heterocycles.